The normalized spacial score (nSPS) is 29.9. The summed E-state index contributed by atoms with van der Waals surface area (Å²) in [6, 6.07) is 4.21. The Labute approximate surface area is 234 Å². The molecule has 2 saturated carbocycles. The summed E-state index contributed by atoms with van der Waals surface area (Å²) in [5.41, 5.74) is 2.23. The highest BCUT2D eigenvalue weighted by atomic mass is 28.4. The summed E-state index contributed by atoms with van der Waals surface area (Å²) in [4.78, 5) is 13.7. The Morgan fingerprint density at radius 3 is 2.13 bits per heavy atom. The van der Waals surface area contributed by atoms with E-state index in [0.717, 1.165) is 36.3 Å². The average molecular weight is 559 g/mol. The van der Waals surface area contributed by atoms with Gasteiger partial charge >= 0.3 is 0 Å². The maximum absolute atomic E-state index is 13.7. The van der Waals surface area contributed by atoms with E-state index < -0.39 is 16.6 Å². The molecule has 214 valence electrons. The zero-order chi connectivity index (χ0) is 28.5. The van der Waals surface area contributed by atoms with Crippen molar-refractivity contribution in [3.63, 3.8) is 0 Å². The topological polar surface area (TPSA) is 44.8 Å². The summed E-state index contributed by atoms with van der Waals surface area (Å²) in [6.07, 6.45) is 5.54. The van der Waals surface area contributed by atoms with Crippen molar-refractivity contribution in [3.8, 4) is 11.5 Å². The third kappa shape index (κ3) is 5.07. The first-order valence-electron chi connectivity index (χ1n) is 15.0. The Morgan fingerprint density at radius 1 is 0.921 bits per heavy atom. The van der Waals surface area contributed by atoms with E-state index in [0.29, 0.717) is 36.9 Å². The summed E-state index contributed by atoms with van der Waals surface area (Å²) in [5, 5.41) is 0.277. The first-order valence-corrected chi connectivity index (χ1v) is 20.8. The van der Waals surface area contributed by atoms with E-state index in [1.165, 1.54) is 12.0 Å². The van der Waals surface area contributed by atoms with E-state index >= 15 is 0 Å². The summed E-state index contributed by atoms with van der Waals surface area (Å²) in [5.74, 6) is 3.18. The quantitative estimate of drug-likeness (QED) is 0.326. The Bertz CT molecular complexity index is 1060. The zero-order valence-corrected chi connectivity index (χ0v) is 28.3. The van der Waals surface area contributed by atoms with E-state index in [1.807, 2.05) is 13.0 Å². The maximum Gasteiger partial charge on any atom is 0.250 e. The van der Waals surface area contributed by atoms with Gasteiger partial charge in [0.2, 0.25) is 0 Å². The van der Waals surface area contributed by atoms with Gasteiger partial charge in [-0.3, -0.25) is 4.79 Å². The Kier molecular flexibility index (Phi) is 7.67. The molecule has 4 rings (SSSR count). The van der Waals surface area contributed by atoms with Crippen molar-refractivity contribution < 1.29 is 18.4 Å². The second-order valence-electron chi connectivity index (χ2n) is 15.7. The molecule has 4 nitrogen and oxygen atoms in total. The second kappa shape index (κ2) is 9.76. The molecule has 1 unspecified atom stereocenters. The third-order valence-electron chi connectivity index (χ3n) is 11.3. The molecule has 0 saturated heterocycles. The molecule has 2 fully saturated rings. The van der Waals surface area contributed by atoms with E-state index in [1.54, 1.807) is 0 Å². The van der Waals surface area contributed by atoms with Crippen LogP contribution in [0.5, 0.6) is 11.5 Å². The molecule has 0 spiro atoms. The molecule has 38 heavy (non-hydrogen) atoms. The predicted molar refractivity (Wildman–Crippen MR) is 163 cm³/mol. The molecule has 0 aromatic heterocycles. The minimum absolute atomic E-state index is 0.0703. The van der Waals surface area contributed by atoms with Crippen molar-refractivity contribution in [1.29, 1.82) is 0 Å². The van der Waals surface area contributed by atoms with Crippen LogP contribution in [0.15, 0.2) is 12.1 Å². The molecular formula is C32H54O4Si2. The lowest BCUT2D eigenvalue weighted by atomic mass is 9.55. The number of ether oxygens (including phenoxy) is 1. The fourth-order valence-corrected chi connectivity index (χ4v) is 9.33. The molecule has 6 heteroatoms. The van der Waals surface area contributed by atoms with Gasteiger partial charge in [0.1, 0.15) is 5.75 Å². The molecule has 1 aromatic rings. The van der Waals surface area contributed by atoms with Crippen LogP contribution in [0, 0.1) is 17.3 Å². The van der Waals surface area contributed by atoms with Gasteiger partial charge in [-0.05, 0) is 110 Å². The zero-order valence-electron chi connectivity index (χ0n) is 26.3. The maximum atomic E-state index is 13.7. The second-order valence-corrected chi connectivity index (χ2v) is 25.2. The van der Waals surface area contributed by atoms with Gasteiger partial charge in [0, 0.05) is 12.0 Å². The van der Waals surface area contributed by atoms with Gasteiger partial charge in [-0.2, -0.15) is 0 Å². The van der Waals surface area contributed by atoms with Crippen LogP contribution in [-0.2, 0) is 4.43 Å². The number of benzene rings is 1. The molecule has 5 atom stereocenters. The minimum atomic E-state index is -2.08. The Hall–Kier alpha value is -1.12. The van der Waals surface area contributed by atoms with Crippen LogP contribution in [0.1, 0.15) is 109 Å². The molecule has 0 N–H and O–H groups in total. The molecule has 0 heterocycles. The molecule has 0 aliphatic heterocycles. The fourth-order valence-electron chi connectivity index (χ4n) is 6.86. The largest absolute Gasteiger partial charge is 0.541 e. The number of Topliss-reactive ketones (excluding diaryl/α,β-unsaturated/α-hetero) is 1. The van der Waals surface area contributed by atoms with Crippen LogP contribution in [0.25, 0.3) is 0 Å². The fraction of sp³-hybridized carbons (Fsp3) is 0.781. The molecule has 0 bridgehead atoms. The summed E-state index contributed by atoms with van der Waals surface area (Å²) in [6.45, 7) is 28.1. The predicted octanol–water partition coefficient (Wildman–Crippen LogP) is 9.36. The SMILES string of the molecule is CCOc1cc2c(cc1O[Si](C)(C)C(C)(C)C)C(=O)C[C@@H]1[C@@H]2CC[C@]2(C)C(O[Si](C)(C)C(C)(C)C)CC[C@@H]12. The van der Waals surface area contributed by atoms with Crippen molar-refractivity contribution in [3.05, 3.63) is 23.3 Å². The number of fused-ring (bicyclic) bond motifs is 5. The highest BCUT2D eigenvalue weighted by Gasteiger charge is 2.58. The minimum Gasteiger partial charge on any atom is -0.541 e. The lowest BCUT2D eigenvalue weighted by Crippen LogP contribution is -2.51. The average Bonchev–Trinajstić information content (AvgIpc) is 3.09. The van der Waals surface area contributed by atoms with Crippen molar-refractivity contribution in [1.82, 2.24) is 0 Å². The van der Waals surface area contributed by atoms with Crippen molar-refractivity contribution in [2.24, 2.45) is 17.3 Å². The van der Waals surface area contributed by atoms with Crippen LogP contribution < -0.4 is 9.16 Å². The van der Waals surface area contributed by atoms with E-state index in [2.05, 4.69) is 80.7 Å². The smallest absolute Gasteiger partial charge is 0.250 e. The highest BCUT2D eigenvalue weighted by molar-refractivity contribution is 6.75. The van der Waals surface area contributed by atoms with E-state index in [4.69, 9.17) is 13.6 Å². The number of hydrogen-bond acceptors (Lipinski definition) is 4. The molecule has 3 aliphatic carbocycles. The monoisotopic (exact) mass is 558 g/mol. The number of carbonyl (C=O) groups excluding carboxylic acids is 1. The molecule has 0 radical (unpaired) electrons. The first kappa shape index (κ1) is 29.9. The number of hydrogen-bond donors (Lipinski definition) is 0. The highest BCUT2D eigenvalue weighted by Crippen LogP contribution is 2.63. The van der Waals surface area contributed by atoms with Gasteiger partial charge in [0.05, 0.1) is 12.7 Å². The van der Waals surface area contributed by atoms with E-state index in [-0.39, 0.29) is 21.3 Å². The first-order chi connectivity index (χ1) is 17.3. The lowest BCUT2D eigenvalue weighted by molar-refractivity contribution is -0.0147. The Balaban J connectivity index is 1.66. The van der Waals surface area contributed by atoms with Gasteiger partial charge in [0.25, 0.3) is 8.32 Å². The van der Waals surface area contributed by atoms with Crippen molar-refractivity contribution in [2.75, 3.05) is 6.61 Å². The van der Waals surface area contributed by atoms with Crippen LogP contribution in [0.2, 0.25) is 36.3 Å². The van der Waals surface area contributed by atoms with Gasteiger partial charge in [-0.25, -0.2) is 0 Å². The Morgan fingerprint density at radius 2 is 1.55 bits per heavy atom. The van der Waals surface area contributed by atoms with Gasteiger partial charge in [-0.15, -0.1) is 0 Å². The standard InChI is InChI=1S/C32H54O4Si2/c1-13-34-27-19-22-21-16-17-32(8)25(14-15-29(32)36-38(11,12)31(5,6)7)23(21)18-26(33)24(22)20-28(27)35-37(9,10)30(2,3)4/h19-21,23,25,29H,13-18H2,1-12H3/t21-,23-,25+,29?,32+/m1/s1. The van der Waals surface area contributed by atoms with Crippen LogP contribution in [0.3, 0.4) is 0 Å². The van der Waals surface area contributed by atoms with Crippen molar-refractivity contribution in [2.45, 2.75) is 136 Å². The van der Waals surface area contributed by atoms with Gasteiger partial charge in [0.15, 0.2) is 19.9 Å². The van der Waals surface area contributed by atoms with Gasteiger partial charge < -0.3 is 13.6 Å². The van der Waals surface area contributed by atoms with Crippen molar-refractivity contribution >= 4 is 22.4 Å². The summed E-state index contributed by atoms with van der Waals surface area (Å²) >= 11 is 0. The summed E-state index contributed by atoms with van der Waals surface area (Å²) < 4.78 is 20.0. The molecule has 0 amide bonds. The van der Waals surface area contributed by atoms with E-state index in [9.17, 15) is 4.79 Å². The molecular weight excluding hydrogens is 505 g/mol. The molecule has 1 aromatic carbocycles. The number of ketones is 1. The van der Waals surface area contributed by atoms with Crippen LogP contribution >= 0.6 is 0 Å². The summed E-state index contributed by atoms with van der Waals surface area (Å²) in [7, 11) is -3.94. The third-order valence-corrected chi connectivity index (χ3v) is 20.1. The van der Waals surface area contributed by atoms with Gasteiger partial charge in [-0.1, -0.05) is 48.5 Å². The lowest BCUT2D eigenvalue weighted by Gasteiger charge is -2.52. The number of carbonyl (C=O) groups is 1. The van der Waals surface area contributed by atoms with Crippen LogP contribution in [0.4, 0.5) is 0 Å². The molecule has 3 aliphatic rings. The van der Waals surface area contributed by atoms with Crippen LogP contribution in [-0.4, -0.2) is 35.1 Å². The number of rotatable bonds is 6.